The molecule has 4 nitrogen and oxygen atoms in total. The number of nitrogens with zero attached hydrogens (tertiary/aromatic N) is 2. The zero-order valence-corrected chi connectivity index (χ0v) is 11.5. The third-order valence-electron chi connectivity index (χ3n) is 3.51. The Hall–Kier alpha value is -1.42. The van der Waals surface area contributed by atoms with Crippen molar-refractivity contribution in [3.05, 3.63) is 23.7 Å². The summed E-state index contributed by atoms with van der Waals surface area (Å²) in [6.07, 6.45) is 4.89. The van der Waals surface area contributed by atoms with E-state index in [-0.39, 0.29) is 5.41 Å². The highest BCUT2D eigenvalue weighted by atomic mass is 15.0. The Morgan fingerprint density at radius 1 is 1.33 bits per heavy atom. The first kappa shape index (κ1) is 13.0. The van der Waals surface area contributed by atoms with Gasteiger partial charge in [0.05, 0.1) is 5.52 Å². The summed E-state index contributed by atoms with van der Waals surface area (Å²) in [5.41, 5.74) is 8.98. The number of nitrogens with one attached hydrogen (secondary N) is 1. The Labute approximate surface area is 108 Å². The average molecular weight is 246 g/mol. The molecular weight excluding hydrogens is 224 g/mol. The normalized spacial score (nSPS) is 12.2. The van der Waals surface area contributed by atoms with Gasteiger partial charge in [-0.3, -0.25) is 0 Å². The molecule has 0 atom stereocenters. The van der Waals surface area contributed by atoms with Crippen molar-refractivity contribution in [2.75, 3.05) is 6.54 Å². The standard InChI is InChI=1S/C14H22N4/c1-10-5-9-16-13-12(10)17-11(18-13)4-6-14(2,3)7-8-15/h5,9H,4,6-8,15H2,1-3H3,(H,16,17,18). The van der Waals surface area contributed by atoms with Gasteiger partial charge in [0.15, 0.2) is 5.65 Å². The first-order valence-corrected chi connectivity index (χ1v) is 6.52. The van der Waals surface area contributed by atoms with E-state index in [4.69, 9.17) is 5.73 Å². The van der Waals surface area contributed by atoms with Gasteiger partial charge in [0, 0.05) is 12.6 Å². The van der Waals surface area contributed by atoms with Crippen LogP contribution in [-0.2, 0) is 6.42 Å². The molecule has 0 aliphatic heterocycles. The molecule has 4 heteroatoms. The molecule has 0 radical (unpaired) electrons. The monoisotopic (exact) mass is 246 g/mol. The maximum atomic E-state index is 5.63. The van der Waals surface area contributed by atoms with E-state index in [1.807, 2.05) is 6.07 Å². The van der Waals surface area contributed by atoms with E-state index in [0.29, 0.717) is 0 Å². The van der Waals surface area contributed by atoms with Crippen LogP contribution in [0.4, 0.5) is 0 Å². The molecule has 0 aromatic carbocycles. The first-order chi connectivity index (χ1) is 8.52. The van der Waals surface area contributed by atoms with E-state index < -0.39 is 0 Å². The third kappa shape index (κ3) is 2.88. The molecule has 0 unspecified atom stereocenters. The number of nitrogens with two attached hydrogens (primary N) is 1. The number of aryl methyl sites for hydroxylation is 2. The number of aromatic amines is 1. The Kier molecular flexibility index (Phi) is 3.66. The average Bonchev–Trinajstić information content (AvgIpc) is 2.71. The van der Waals surface area contributed by atoms with Crippen molar-refractivity contribution >= 4 is 11.2 Å². The van der Waals surface area contributed by atoms with Gasteiger partial charge in [-0.15, -0.1) is 0 Å². The van der Waals surface area contributed by atoms with Crippen molar-refractivity contribution in [3.8, 4) is 0 Å². The summed E-state index contributed by atoms with van der Waals surface area (Å²) in [6, 6.07) is 2.00. The van der Waals surface area contributed by atoms with E-state index in [9.17, 15) is 0 Å². The van der Waals surface area contributed by atoms with Gasteiger partial charge in [0.25, 0.3) is 0 Å². The van der Waals surface area contributed by atoms with Crippen molar-refractivity contribution < 1.29 is 0 Å². The van der Waals surface area contributed by atoms with Gasteiger partial charge < -0.3 is 10.7 Å². The fourth-order valence-electron chi connectivity index (χ4n) is 2.17. The lowest BCUT2D eigenvalue weighted by molar-refractivity contribution is 0.311. The molecule has 18 heavy (non-hydrogen) atoms. The molecule has 0 aliphatic rings. The maximum absolute atomic E-state index is 5.63. The summed E-state index contributed by atoms with van der Waals surface area (Å²) in [4.78, 5) is 12.2. The molecule has 0 aliphatic carbocycles. The van der Waals surface area contributed by atoms with Crippen LogP contribution in [0, 0.1) is 12.3 Å². The van der Waals surface area contributed by atoms with Crippen molar-refractivity contribution in [1.29, 1.82) is 0 Å². The van der Waals surface area contributed by atoms with Gasteiger partial charge in [-0.05, 0) is 43.4 Å². The predicted octanol–water partition coefficient (Wildman–Crippen LogP) is 2.57. The van der Waals surface area contributed by atoms with E-state index >= 15 is 0 Å². The largest absolute Gasteiger partial charge is 0.340 e. The summed E-state index contributed by atoms with van der Waals surface area (Å²) in [6.45, 7) is 7.33. The van der Waals surface area contributed by atoms with Crippen LogP contribution in [0.15, 0.2) is 12.3 Å². The van der Waals surface area contributed by atoms with Gasteiger partial charge >= 0.3 is 0 Å². The lowest BCUT2D eigenvalue weighted by Gasteiger charge is -2.22. The van der Waals surface area contributed by atoms with Crippen molar-refractivity contribution in [1.82, 2.24) is 15.0 Å². The summed E-state index contributed by atoms with van der Waals surface area (Å²) >= 11 is 0. The van der Waals surface area contributed by atoms with Gasteiger partial charge in [-0.2, -0.15) is 0 Å². The van der Waals surface area contributed by atoms with Crippen molar-refractivity contribution in [2.24, 2.45) is 11.1 Å². The predicted molar refractivity (Wildman–Crippen MR) is 74.4 cm³/mol. The van der Waals surface area contributed by atoms with Crippen molar-refractivity contribution in [2.45, 2.75) is 40.0 Å². The fourth-order valence-corrected chi connectivity index (χ4v) is 2.17. The zero-order chi connectivity index (χ0) is 13.2. The number of hydrogen-bond donors (Lipinski definition) is 2. The van der Waals surface area contributed by atoms with Gasteiger partial charge in [0.2, 0.25) is 0 Å². The molecule has 2 aromatic heterocycles. The lowest BCUT2D eigenvalue weighted by Crippen LogP contribution is -2.18. The smallest absolute Gasteiger partial charge is 0.177 e. The highest BCUT2D eigenvalue weighted by molar-refractivity contribution is 5.74. The van der Waals surface area contributed by atoms with Crippen LogP contribution in [0.3, 0.4) is 0 Å². The molecule has 0 fully saturated rings. The Morgan fingerprint density at radius 3 is 2.78 bits per heavy atom. The number of H-pyrrole nitrogens is 1. The highest BCUT2D eigenvalue weighted by Gasteiger charge is 2.17. The molecule has 0 amide bonds. The van der Waals surface area contributed by atoms with E-state index in [1.54, 1.807) is 6.20 Å². The van der Waals surface area contributed by atoms with Crippen LogP contribution in [0.1, 0.15) is 38.1 Å². The number of rotatable bonds is 5. The van der Waals surface area contributed by atoms with E-state index in [2.05, 4.69) is 35.7 Å². The first-order valence-electron chi connectivity index (χ1n) is 6.52. The SMILES string of the molecule is Cc1ccnc2nc(CCC(C)(C)CCN)[nH]c12. The number of pyridine rings is 1. The molecule has 2 heterocycles. The maximum Gasteiger partial charge on any atom is 0.177 e. The number of aromatic nitrogens is 3. The second kappa shape index (κ2) is 5.06. The fraction of sp³-hybridized carbons (Fsp3) is 0.571. The second-order valence-electron chi connectivity index (χ2n) is 5.71. The van der Waals surface area contributed by atoms with Crippen molar-refractivity contribution in [3.63, 3.8) is 0 Å². The molecule has 0 saturated heterocycles. The third-order valence-corrected chi connectivity index (χ3v) is 3.51. The summed E-state index contributed by atoms with van der Waals surface area (Å²) in [7, 11) is 0. The van der Waals surface area contributed by atoms with Crippen LogP contribution in [-0.4, -0.2) is 21.5 Å². The molecular formula is C14H22N4. The van der Waals surface area contributed by atoms with Crippen LogP contribution in [0.25, 0.3) is 11.2 Å². The minimum atomic E-state index is 0.274. The minimum absolute atomic E-state index is 0.274. The molecule has 0 bridgehead atoms. The summed E-state index contributed by atoms with van der Waals surface area (Å²) < 4.78 is 0. The lowest BCUT2D eigenvalue weighted by atomic mass is 9.84. The Bertz CT molecular complexity index is 528. The zero-order valence-electron chi connectivity index (χ0n) is 11.5. The molecule has 3 N–H and O–H groups in total. The van der Waals surface area contributed by atoms with Crippen LogP contribution >= 0.6 is 0 Å². The molecule has 2 aromatic rings. The Balaban J connectivity index is 2.11. The molecule has 98 valence electrons. The summed E-state index contributed by atoms with van der Waals surface area (Å²) in [5.74, 6) is 1.02. The topological polar surface area (TPSA) is 67.6 Å². The van der Waals surface area contributed by atoms with Gasteiger partial charge in [-0.25, -0.2) is 9.97 Å². The van der Waals surface area contributed by atoms with Crippen LogP contribution < -0.4 is 5.73 Å². The van der Waals surface area contributed by atoms with Crippen LogP contribution in [0.2, 0.25) is 0 Å². The molecule has 0 spiro atoms. The van der Waals surface area contributed by atoms with E-state index in [1.165, 1.54) is 5.56 Å². The van der Waals surface area contributed by atoms with E-state index in [0.717, 1.165) is 42.8 Å². The molecule has 2 rings (SSSR count). The van der Waals surface area contributed by atoms with Gasteiger partial charge in [-0.1, -0.05) is 13.8 Å². The second-order valence-corrected chi connectivity index (χ2v) is 5.71. The molecule has 0 saturated carbocycles. The quantitative estimate of drug-likeness (QED) is 0.852. The Morgan fingerprint density at radius 2 is 2.11 bits per heavy atom. The summed E-state index contributed by atoms with van der Waals surface area (Å²) in [5, 5.41) is 0. The van der Waals surface area contributed by atoms with Crippen LogP contribution in [0.5, 0.6) is 0 Å². The van der Waals surface area contributed by atoms with Gasteiger partial charge in [0.1, 0.15) is 5.82 Å². The highest BCUT2D eigenvalue weighted by Crippen LogP contribution is 2.26. The number of imidazole rings is 1. The number of hydrogen-bond acceptors (Lipinski definition) is 3. The minimum Gasteiger partial charge on any atom is -0.340 e. The number of fused-ring (bicyclic) bond motifs is 1.